The van der Waals surface area contributed by atoms with Gasteiger partial charge in [-0.25, -0.2) is 4.98 Å². The molecule has 6 aromatic carbocycles. The molecule has 0 fully saturated rings. The van der Waals surface area contributed by atoms with Crippen molar-refractivity contribution >= 4 is 44.2 Å². The molecule has 0 aliphatic heterocycles. The van der Waals surface area contributed by atoms with E-state index in [1.165, 1.54) is 36.9 Å². The highest BCUT2D eigenvalue weighted by Gasteiger charge is 2.06. The van der Waals surface area contributed by atoms with Crippen LogP contribution in [0.25, 0.3) is 32.4 Å². The van der Waals surface area contributed by atoms with Crippen molar-refractivity contribution in [3.8, 4) is 5.75 Å². The molecule has 0 radical (unpaired) electrons. The van der Waals surface area contributed by atoms with E-state index in [0.29, 0.717) is 11.4 Å². The van der Waals surface area contributed by atoms with Crippen LogP contribution in [0.3, 0.4) is 0 Å². The van der Waals surface area contributed by atoms with Crippen molar-refractivity contribution in [1.82, 2.24) is 4.98 Å². The van der Waals surface area contributed by atoms with Crippen LogP contribution in [0.2, 0.25) is 0 Å². The molecule has 7 rings (SSSR count). The Kier molecular flexibility index (Phi) is 9.53. The zero-order valence-electron chi connectivity index (χ0n) is 24.2. The predicted molar refractivity (Wildman–Crippen MR) is 181 cm³/mol. The van der Waals surface area contributed by atoms with Gasteiger partial charge in [-0.2, -0.15) is 0 Å². The molecule has 0 aliphatic rings. The normalized spacial score (nSPS) is 10.7. The number of rotatable bonds is 3. The molecule has 208 valence electrons. The third-order valence-electron chi connectivity index (χ3n) is 7.02. The van der Waals surface area contributed by atoms with E-state index in [9.17, 15) is 5.11 Å². The number of fused-ring (bicyclic) bond motifs is 3. The van der Waals surface area contributed by atoms with Crippen LogP contribution in [0.15, 0.2) is 155 Å². The Bertz CT molecular complexity index is 1830. The number of aromatic nitrogens is 1. The molecule has 0 atom stereocenters. The van der Waals surface area contributed by atoms with Crippen LogP contribution < -0.4 is 0 Å². The number of pyridine rings is 1. The summed E-state index contributed by atoms with van der Waals surface area (Å²) in [5.41, 5.74) is 3.01. The summed E-state index contributed by atoms with van der Waals surface area (Å²) in [6.07, 6.45) is 0. The molecule has 2 nitrogen and oxygen atoms in total. The maximum absolute atomic E-state index is 9.43. The highest BCUT2D eigenvalue weighted by molar-refractivity contribution is 7.99. The lowest BCUT2D eigenvalue weighted by Crippen LogP contribution is -1.83. The average molecular weight is 566 g/mol. The number of aryl methyl sites for hydroxylation is 1. The van der Waals surface area contributed by atoms with Gasteiger partial charge in [-0.1, -0.05) is 147 Å². The average Bonchev–Trinajstić information content (AvgIpc) is 3.03. The van der Waals surface area contributed by atoms with Gasteiger partial charge < -0.3 is 5.11 Å². The van der Waals surface area contributed by atoms with E-state index < -0.39 is 0 Å². The second-order valence-corrected chi connectivity index (χ2v) is 11.5. The molecule has 3 heteroatoms. The highest BCUT2D eigenvalue weighted by atomic mass is 32.2. The quantitative estimate of drug-likeness (QED) is 0.231. The zero-order chi connectivity index (χ0) is 29.3. The number of benzene rings is 6. The second-order valence-electron chi connectivity index (χ2n) is 10.4. The third kappa shape index (κ3) is 7.18. The van der Waals surface area contributed by atoms with Crippen molar-refractivity contribution in [1.29, 1.82) is 0 Å². The maximum Gasteiger partial charge on any atom is 0.141 e. The number of para-hydroxylation sites is 1. The van der Waals surface area contributed by atoms with Crippen molar-refractivity contribution in [3.05, 3.63) is 157 Å². The number of aromatic hydroxyl groups is 1. The standard InChI is InChI=1S/C20H14S.C10H9NO.C9H12/c1-3-11-17-15(7-1)9-5-13-19(17)21-20-14-6-10-16-8-2-4-12-18(16)20;1-7-5-6-8-3-2-4-9(12)10(8)11-7;1-8(2)9-6-4-3-5-7-9/h1-14H;2-6,12H,1H3;3-8H,1-2H3. The van der Waals surface area contributed by atoms with Gasteiger partial charge in [-0.3, -0.25) is 0 Å². The summed E-state index contributed by atoms with van der Waals surface area (Å²) >= 11 is 1.85. The first-order valence-electron chi connectivity index (χ1n) is 14.2. The molecule has 7 aromatic rings. The van der Waals surface area contributed by atoms with Crippen molar-refractivity contribution in [3.63, 3.8) is 0 Å². The van der Waals surface area contributed by atoms with Crippen molar-refractivity contribution in [2.75, 3.05) is 0 Å². The first-order chi connectivity index (χ1) is 20.5. The molecule has 0 spiro atoms. The van der Waals surface area contributed by atoms with Gasteiger partial charge in [-0.15, -0.1) is 0 Å². The van der Waals surface area contributed by atoms with Crippen LogP contribution >= 0.6 is 11.8 Å². The van der Waals surface area contributed by atoms with E-state index in [0.717, 1.165) is 11.1 Å². The fourth-order valence-electron chi connectivity index (χ4n) is 4.75. The molecule has 1 N–H and O–H groups in total. The molecule has 0 unspecified atom stereocenters. The van der Waals surface area contributed by atoms with E-state index in [-0.39, 0.29) is 5.75 Å². The smallest absolute Gasteiger partial charge is 0.141 e. The summed E-state index contributed by atoms with van der Waals surface area (Å²) in [4.78, 5) is 6.84. The van der Waals surface area contributed by atoms with Crippen LogP contribution in [-0.2, 0) is 0 Å². The summed E-state index contributed by atoms with van der Waals surface area (Å²) in [6.45, 7) is 6.32. The Hall–Kier alpha value is -4.60. The van der Waals surface area contributed by atoms with E-state index in [4.69, 9.17) is 0 Å². The monoisotopic (exact) mass is 565 g/mol. The molecule has 0 saturated heterocycles. The van der Waals surface area contributed by atoms with E-state index in [2.05, 4.69) is 128 Å². The second kappa shape index (κ2) is 13.8. The van der Waals surface area contributed by atoms with Gasteiger partial charge in [0.05, 0.1) is 0 Å². The topological polar surface area (TPSA) is 33.1 Å². The van der Waals surface area contributed by atoms with E-state index in [1.54, 1.807) is 6.07 Å². The minimum Gasteiger partial charge on any atom is -0.506 e. The Balaban J connectivity index is 0.000000142. The van der Waals surface area contributed by atoms with Crippen LogP contribution in [0.1, 0.15) is 31.0 Å². The van der Waals surface area contributed by atoms with Gasteiger partial charge in [0, 0.05) is 20.9 Å². The predicted octanol–water partition coefficient (Wildman–Crippen LogP) is 11.2. The van der Waals surface area contributed by atoms with Crippen LogP contribution in [-0.4, -0.2) is 10.1 Å². The Morgan fingerprint density at radius 2 is 1.02 bits per heavy atom. The largest absolute Gasteiger partial charge is 0.506 e. The lowest BCUT2D eigenvalue weighted by atomic mass is 10.0. The first kappa shape index (κ1) is 28.9. The lowest BCUT2D eigenvalue weighted by molar-refractivity contribution is 0.480. The summed E-state index contributed by atoms with van der Waals surface area (Å²) < 4.78 is 0. The van der Waals surface area contributed by atoms with Gasteiger partial charge in [0.25, 0.3) is 0 Å². The highest BCUT2D eigenvalue weighted by Crippen LogP contribution is 2.37. The van der Waals surface area contributed by atoms with E-state index >= 15 is 0 Å². The molecular formula is C39H35NOS. The Morgan fingerprint density at radius 3 is 1.60 bits per heavy atom. The van der Waals surface area contributed by atoms with Crippen molar-refractivity contribution in [2.45, 2.75) is 36.5 Å². The Morgan fingerprint density at radius 1 is 0.524 bits per heavy atom. The molecule has 0 saturated carbocycles. The minimum atomic E-state index is 0.246. The summed E-state index contributed by atoms with van der Waals surface area (Å²) in [7, 11) is 0. The van der Waals surface area contributed by atoms with Crippen LogP contribution in [0.5, 0.6) is 5.75 Å². The minimum absolute atomic E-state index is 0.246. The van der Waals surface area contributed by atoms with E-state index in [1.807, 2.05) is 49.0 Å². The number of hydrogen-bond acceptors (Lipinski definition) is 3. The maximum atomic E-state index is 9.43. The SMILES string of the molecule is CC(C)c1ccccc1.Cc1ccc2cccc(O)c2n1.c1ccc2c(Sc3cccc4ccccc34)cccc2c1. The lowest BCUT2D eigenvalue weighted by Gasteiger charge is -2.09. The first-order valence-corrected chi connectivity index (χ1v) is 15.0. The molecule has 42 heavy (non-hydrogen) atoms. The fourth-order valence-corrected chi connectivity index (χ4v) is 5.88. The number of hydrogen-bond donors (Lipinski definition) is 1. The number of phenolic OH excluding ortho intramolecular Hbond substituents is 1. The number of nitrogens with zero attached hydrogens (tertiary/aromatic N) is 1. The molecule has 0 amide bonds. The number of phenols is 1. The fraction of sp³-hybridized carbons (Fsp3) is 0.103. The van der Waals surface area contributed by atoms with Gasteiger partial charge in [-0.05, 0) is 64.2 Å². The van der Waals surface area contributed by atoms with Crippen LogP contribution in [0.4, 0.5) is 0 Å². The third-order valence-corrected chi connectivity index (χ3v) is 8.18. The zero-order valence-corrected chi connectivity index (χ0v) is 25.1. The summed E-state index contributed by atoms with van der Waals surface area (Å²) in [5, 5.41) is 15.6. The molecular weight excluding hydrogens is 531 g/mol. The Labute approximate surface area is 252 Å². The summed E-state index contributed by atoms with van der Waals surface area (Å²) in [5.74, 6) is 0.905. The molecule has 1 aromatic heterocycles. The van der Waals surface area contributed by atoms with Crippen LogP contribution in [0, 0.1) is 6.92 Å². The van der Waals surface area contributed by atoms with Gasteiger partial charge in [0.15, 0.2) is 0 Å². The molecule has 0 bridgehead atoms. The van der Waals surface area contributed by atoms with Gasteiger partial charge >= 0.3 is 0 Å². The summed E-state index contributed by atoms with van der Waals surface area (Å²) in [6, 6.07) is 49.9. The van der Waals surface area contributed by atoms with Crippen molar-refractivity contribution in [2.24, 2.45) is 0 Å². The van der Waals surface area contributed by atoms with Crippen molar-refractivity contribution < 1.29 is 5.11 Å². The molecule has 0 aliphatic carbocycles. The molecule has 1 heterocycles. The van der Waals surface area contributed by atoms with Gasteiger partial charge in [0.1, 0.15) is 11.3 Å². The van der Waals surface area contributed by atoms with Gasteiger partial charge in [0.2, 0.25) is 0 Å².